The molecule has 9 nitrogen and oxygen atoms in total. The summed E-state index contributed by atoms with van der Waals surface area (Å²) in [6, 6.07) is 8.14. The van der Waals surface area contributed by atoms with Crippen molar-refractivity contribution in [2.24, 2.45) is 11.3 Å². The molecule has 1 aromatic rings. The van der Waals surface area contributed by atoms with Crippen LogP contribution in [0, 0.1) is 22.7 Å². The van der Waals surface area contributed by atoms with E-state index >= 15 is 0 Å². The number of nitrogens with one attached hydrogen (secondary N) is 2. The molecule has 2 aliphatic carbocycles. The van der Waals surface area contributed by atoms with Gasteiger partial charge in [-0.25, -0.2) is 0 Å². The number of rotatable bonds is 6. The molecule has 226 valence electrons. The van der Waals surface area contributed by atoms with Crippen LogP contribution in [0.2, 0.25) is 5.02 Å². The van der Waals surface area contributed by atoms with Crippen LogP contribution in [0.1, 0.15) is 49.7 Å². The first-order valence-corrected chi connectivity index (χ1v) is 15.9. The molecule has 1 saturated carbocycles. The van der Waals surface area contributed by atoms with Crippen LogP contribution in [0.15, 0.2) is 30.9 Å². The molecule has 1 aromatic carbocycles. The number of likely N-dealkylation sites (tertiary alicyclic amines) is 1. The first-order chi connectivity index (χ1) is 20.3. The number of carbonyl (C=O) groups excluding carboxylic acids is 2. The molecule has 3 heterocycles. The number of ketones is 1. The number of likely N-dealkylation sites (N-methyl/N-ethyl adjacent to an activating group) is 1. The Balaban J connectivity index is 1.25. The van der Waals surface area contributed by atoms with Gasteiger partial charge >= 0.3 is 0 Å². The number of aryl methyl sites for hydroxylation is 1. The third-order valence-electron chi connectivity index (χ3n) is 10.7. The van der Waals surface area contributed by atoms with Crippen molar-refractivity contribution >= 4 is 23.3 Å². The monoisotopic (exact) mass is 594 g/mol. The summed E-state index contributed by atoms with van der Waals surface area (Å²) in [5, 5.41) is 17.6. The van der Waals surface area contributed by atoms with Crippen molar-refractivity contribution in [1.29, 1.82) is 5.26 Å². The van der Waals surface area contributed by atoms with Crippen LogP contribution in [0.25, 0.3) is 0 Å². The van der Waals surface area contributed by atoms with Gasteiger partial charge in [0.15, 0.2) is 12.1 Å². The maximum absolute atomic E-state index is 14.6. The largest absolute Gasteiger partial charge is 0.348 e. The minimum Gasteiger partial charge on any atom is -0.348 e. The number of ether oxygens (including phenoxy) is 1. The maximum Gasteiger partial charge on any atom is 0.246 e. The summed E-state index contributed by atoms with van der Waals surface area (Å²) in [6.07, 6.45) is 7.41. The van der Waals surface area contributed by atoms with E-state index in [4.69, 9.17) is 16.3 Å². The molecule has 4 fully saturated rings. The van der Waals surface area contributed by atoms with Gasteiger partial charge in [0.2, 0.25) is 5.91 Å². The SMILES string of the molecule is C=CC(=O)N1CCN(C2NC(OCC3CCCN3C)NC3C(=O)[C@@]4(CCc5cccc(Cl)c5C4)CCC32)CC1CC#N. The van der Waals surface area contributed by atoms with Gasteiger partial charge in [-0.15, -0.1) is 0 Å². The van der Waals surface area contributed by atoms with Gasteiger partial charge in [-0.2, -0.15) is 5.26 Å². The van der Waals surface area contributed by atoms with Gasteiger partial charge in [0.05, 0.1) is 37.3 Å². The lowest BCUT2D eigenvalue weighted by Crippen LogP contribution is -2.74. The Morgan fingerprint density at radius 1 is 1.24 bits per heavy atom. The number of hydrogen-bond acceptors (Lipinski definition) is 8. The smallest absolute Gasteiger partial charge is 0.246 e. The molecule has 0 radical (unpaired) electrons. The number of fused-ring (bicyclic) bond motifs is 2. The van der Waals surface area contributed by atoms with Crippen molar-refractivity contribution in [1.82, 2.24) is 25.3 Å². The molecular weight excluding hydrogens is 552 g/mol. The molecule has 1 spiro atoms. The number of Topliss-reactive ketones (excluding diaryl/α,β-unsaturated/α-hetero) is 1. The van der Waals surface area contributed by atoms with Gasteiger partial charge in [-0.3, -0.25) is 25.1 Å². The zero-order chi connectivity index (χ0) is 29.4. The lowest BCUT2D eigenvalue weighted by molar-refractivity contribution is -0.154. The number of nitriles is 1. The van der Waals surface area contributed by atoms with Crippen LogP contribution in [0.4, 0.5) is 0 Å². The quantitative estimate of drug-likeness (QED) is 0.485. The Morgan fingerprint density at radius 3 is 2.86 bits per heavy atom. The predicted molar refractivity (Wildman–Crippen MR) is 160 cm³/mol. The summed E-state index contributed by atoms with van der Waals surface area (Å²) in [7, 11) is 2.14. The van der Waals surface area contributed by atoms with Gasteiger partial charge in [0, 0.05) is 42.0 Å². The first-order valence-electron chi connectivity index (χ1n) is 15.5. The zero-order valence-corrected chi connectivity index (χ0v) is 25.3. The molecule has 1 amide bonds. The van der Waals surface area contributed by atoms with Crippen molar-refractivity contribution in [2.45, 2.75) is 82.0 Å². The van der Waals surface area contributed by atoms with Crippen LogP contribution in [-0.4, -0.2) is 96.9 Å². The summed E-state index contributed by atoms with van der Waals surface area (Å²) < 4.78 is 6.46. The Labute approximate surface area is 254 Å². The molecule has 10 heteroatoms. The highest BCUT2D eigenvalue weighted by molar-refractivity contribution is 6.31. The van der Waals surface area contributed by atoms with Gasteiger partial charge in [-0.1, -0.05) is 30.3 Å². The summed E-state index contributed by atoms with van der Waals surface area (Å²) >= 11 is 6.65. The van der Waals surface area contributed by atoms with Gasteiger partial charge in [0.1, 0.15) is 0 Å². The van der Waals surface area contributed by atoms with Crippen molar-refractivity contribution in [2.75, 3.05) is 39.8 Å². The average molecular weight is 595 g/mol. The average Bonchev–Trinajstić information content (AvgIpc) is 3.42. The molecule has 0 aromatic heterocycles. The summed E-state index contributed by atoms with van der Waals surface area (Å²) in [5.41, 5.74) is 1.96. The second kappa shape index (κ2) is 12.4. The second-order valence-corrected chi connectivity index (χ2v) is 13.3. The van der Waals surface area contributed by atoms with E-state index in [0.29, 0.717) is 38.7 Å². The normalized spacial score (nSPS) is 35.5. The molecule has 0 bridgehead atoms. The van der Waals surface area contributed by atoms with E-state index in [1.807, 2.05) is 12.1 Å². The topological polar surface area (TPSA) is 101 Å². The van der Waals surface area contributed by atoms with E-state index in [1.54, 1.807) is 4.90 Å². The molecule has 6 unspecified atom stereocenters. The Bertz CT molecular complexity index is 1250. The number of benzene rings is 1. The summed E-state index contributed by atoms with van der Waals surface area (Å²) in [5.74, 6) is 0.185. The highest BCUT2D eigenvalue weighted by Crippen LogP contribution is 2.48. The Morgan fingerprint density at radius 2 is 2.10 bits per heavy atom. The molecule has 7 atom stereocenters. The lowest BCUT2D eigenvalue weighted by Gasteiger charge is -2.55. The Hall–Kier alpha value is -2.32. The number of nitrogens with zero attached hydrogens (tertiary/aromatic N) is 4. The van der Waals surface area contributed by atoms with E-state index in [1.165, 1.54) is 18.1 Å². The van der Waals surface area contributed by atoms with Gasteiger partial charge < -0.3 is 14.5 Å². The maximum atomic E-state index is 14.6. The van der Waals surface area contributed by atoms with Crippen LogP contribution >= 0.6 is 11.6 Å². The predicted octanol–water partition coefficient (Wildman–Crippen LogP) is 2.69. The molecule has 3 saturated heterocycles. The van der Waals surface area contributed by atoms with E-state index in [-0.39, 0.29) is 42.3 Å². The molecule has 5 aliphatic rings. The van der Waals surface area contributed by atoms with E-state index in [9.17, 15) is 14.9 Å². The van der Waals surface area contributed by atoms with Gasteiger partial charge in [-0.05, 0) is 81.8 Å². The number of piperazine rings is 1. The van der Waals surface area contributed by atoms with Crippen LogP contribution < -0.4 is 10.6 Å². The number of hydrogen-bond donors (Lipinski definition) is 2. The van der Waals surface area contributed by atoms with Crippen LogP contribution in [0.3, 0.4) is 0 Å². The highest BCUT2D eigenvalue weighted by Gasteiger charge is 2.55. The Kier molecular flexibility index (Phi) is 8.75. The third kappa shape index (κ3) is 5.54. The molecule has 2 N–H and O–H groups in total. The van der Waals surface area contributed by atoms with E-state index < -0.39 is 11.8 Å². The second-order valence-electron chi connectivity index (χ2n) is 12.9. The third-order valence-corrected chi connectivity index (χ3v) is 11.0. The summed E-state index contributed by atoms with van der Waals surface area (Å²) in [6.45, 7) is 7.06. The first kappa shape index (κ1) is 29.7. The number of carbonyl (C=O) groups is 2. The van der Waals surface area contributed by atoms with Crippen molar-refractivity contribution < 1.29 is 14.3 Å². The van der Waals surface area contributed by atoms with Crippen molar-refractivity contribution in [3.05, 3.63) is 47.0 Å². The molecular formula is C32H43ClN6O3. The molecule has 6 rings (SSSR count). The van der Waals surface area contributed by atoms with Crippen molar-refractivity contribution in [3.8, 4) is 6.07 Å². The van der Waals surface area contributed by atoms with E-state index in [0.717, 1.165) is 49.2 Å². The number of amides is 1. The van der Waals surface area contributed by atoms with Gasteiger partial charge in [0.25, 0.3) is 0 Å². The summed E-state index contributed by atoms with van der Waals surface area (Å²) in [4.78, 5) is 33.6. The minimum atomic E-state index is -0.467. The minimum absolute atomic E-state index is 0.0502. The standard InChI is InChI=1S/C32H43ClN6O3/c1-3-27(40)39-17-16-38(19-22(39)11-14-34)30-24-10-13-32(12-9-21-6-4-8-26(33)25(21)18-32)29(41)28(24)35-31(36-30)42-20-23-7-5-15-37(23)2/h3-4,6,8,22-24,28,30-31,35-36H,1,5,7,9-13,15-20H2,2H3/t22?,23?,24?,28?,30?,31?,32-/m0/s1. The fourth-order valence-corrected chi connectivity index (χ4v) is 8.50. The van der Waals surface area contributed by atoms with E-state index in [2.05, 4.69) is 46.2 Å². The van der Waals surface area contributed by atoms with Crippen LogP contribution in [0.5, 0.6) is 0 Å². The van der Waals surface area contributed by atoms with Crippen LogP contribution in [-0.2, 0) is 27.2 Å². The van der Waals surface area contributed by atoms with Crippen molar-refractivity contribution in [3.63, 3.8) is 0 Å². The molecule has 42 heavy (non-hydrogen) atoms. The lowest BCUT2D eigenvalue weighted by atomic mass is 9.59. The zero-order valence-electron chi connectivity index (χ0n) is 24.6. The highest BCUT2D eigenvalue weighted by atomic mass is 35.5. The fraction of sp³-hybridized carbons (Fsp3) is 0.656. The number of halogens is 1. The molecule has 3 aliphatic heterocycles. The fourth-order valence-electron chi connectivity index (χ4n) is 8.24.